The summed E-state index contributed by atoms with van der Waals surface area (Å²) in [6.07, 6.45) is 22.1. The summed E-state index contributed by atoms with van der Waals surface area (Å²) in [6, 6.07) is 0. The van der Waals surface area contributed by atoms with Crippen molar-refractivity contribution in [1.82, 2.24) is 0 Å². The van der Waals surface area contributed by atoms with E-state index in [2.05, 4.69) is 64.8 Å². The standard InChI is InChI=1S/C33H55NO.3C2H6.CH3F.H2/c1-8-10-25(34-7)14-12-23-18-21-33(6)28-19-22-32(5)24(11-9-20-31(2,3)4)13-16-27(32)26(28)15-17-29(33)30(23)35;4*1-2;/h8,10,17,23-24,26-28,30,35H,9,11-16,18-22H2,1-7H3;3*1-2H3;1H3;1H/b10-8-,34-25?;;;;;. The van der Waals surface area contributed by atoms with Crippen LogP contribution in [0.15, 0.2) is 28.8 Å². The van der Waals surface area contributed by atoms with E-state index in [-0.39, 0.29) is 12.9 Å². The highest BCUT2D eigenvalue weighted by atomic mass is 19.1. The molecule has 0 saturated heterocycles. The van der Waals surface area contributed by atoms with E-state index in [4.69, 9.17) is 0 Å². The fourth-order valence-corrected chi connectivity index (χ4v) is 9.36. The Balaban J connectivity index is 0. The summed E-state index contributed by atoms with van der Waals surface area (Å²) in [7, 11) is 2.39. The van der Waals surface area contributed by atoms with Gasteiger partial charge in [0.1, 0.15) is 0 Å². The average Bonchev–Trinajstić information content (AvgIpc) is 3.35. The largest absolute Gasteiger partial charge is 0.388 e. The minimum atomic E-state index is -0.250. The molecular weight excluding hydrogens is 529 g/mol. The first-order chi connectivity index (χ1) is 20.5. The smallest absolute Gasteiger partial charge is 0.0785 e. The molecule has 4 aliphatic rings. The Kier molecular flexibility index (Phi) is 19.8. The molecule has 0 aromatic carbocycles. The van der Waals surface area contributed by atoms with E-state index in [1.54, 1.807) is 0 Å². The van der Waals surface area contributed by atoms with Crippen molar-refractivity contribution in [3.05, 3.63) is 23.8 Å². The molecule has 0 aromatic rings. The second-order valence-electron chi connectivity index (χ2n) is 14.5. The van der Waals surface area contributed by atoms with Crippen LogP contribution >= 0.6 is 0 Å². The number of hydrogen-bond donors (Lipinski definition) is 1. The molecule has 256 valence electrons. The average molecular weight is 608 g/mol. The highest BCUT2D eigenvalue weighted by molar-refractivity contribution is 5.94. The zero-order valence-corrected chi connectivity index (χ0v) is 31.5. The fourth-order valence-electron chi connectivity index (χ4n) is 9.36. The quantitative estimate of drug-likeness (QED) is 0.227. The van der Waals surface area contributed by atoms with Gasteiger partial charge in [0.15, 0.2) is 0 Å². The van der Waals surface area contributed by atoms with Crippen molar-refractivity contribution in [2.45, 2.75) is 166 Å². The molecule has 0 heterocycles. The van der Waals surface area contributed by atoms with Gasteiger partial charge < -0.3 is 5.11 Å². The molecule has 0 spiro atoms. The van der Waals surface area contributed by atoms with Gasteiger partial charge in [0.2, 0.25) is 0 Å². The predicted octanol–water partition coefficient (Wildman–Crippen LogP) is 12.7. The Morgan fingerprint density at radius 2 is 1.60 bits per heavy atom. The van der Waals surface area contributed by atoms with Gasteiger partial charge in [0.05, 0.1) is 13.3 Å². The molecule has 8 atom stereocenters. The topological polar surface area (TPSA) is 32.6 Å². The Morgan fingerprint density at radius 1 is 0.977 bits per heavy atom. The first-order valence-corrected chi connectivity index (χ1v) is 18.4. The summed E-state index contributed by atoms with van der Waals surface area (Å²) >= 11 is 0. The lowest BCUT2D eigenvalue weighted by molar-refractivity contribution is -0.0619. The molecule has 0 amide bonds. The number of nitrogens with zero attached hydrogens (tertiary/aromatic N) is 1. The molecule has 1 N–H and O–H groups in total. The molecular formula is C40H78FNO. The number of allylic oxidation sites excluding steroid dienone is 3. The third kappa shape index (κ3) is 10.3. The van der Waals surface area contributed by atoms with Crippen LogP contribution in [0.25, 0.3) is 0 Å². The van der Waals surface area contributed by atoms with Crippen LogP contribution in [0.3, 0.4) is 0 Å². The van der Waals surface area contributed by atoms with Crippen LogP contribution in [-0.2, 0) is 0 Å². The van der Waals surface area contributed by atoms with E-state index < -0.39 is 0 Å². The van der Waals surface area contributed by atoms with Crippen LogP contribution in [-0.4, -0.2) is 31.1 Å². The van der Waals surface area contributed by atoms with E-state index in [1.165, 1.54) is 69.8 Å². The summed E-state index contributed by atoms with van der Waals surface area (Å²) < 4.78 is 9.50. The highest BCUT2D eigenvalue weighted by Crippen LogP contribution is 2.67. The molecule has 0 bridgehead atoms. The van der Waals surface area contributed by atoms with Crippen LogP contribution in [0, 0.1) is 45.8 Å². The molecule has 0 aromatic heterocycles. The van der Waals surface area contributed by atoms with Crippen molar-refractivity contribution >= 4 is 5.71 Å². The molecule has 0 aliphatic heterocycles. The maximum atomic E-state index is 11.6. The summed E-state index contributed by atoms with van der Waals surface area (Å²) in [4.78, 5) is 4.44. The van der Waals surface area contributed by atoms with Gasteiger partial charge in [0.25, 0.3) is 0 Å². The molecule has 3 saturated carbocycles. The zero-order valence-electron chi connectivity index (χ0n) is 31.5. The SMILES string of the molecule is C/C=C\C(CCC1CCC2(C)C(=CCC3C2CCC2(C)C(CCCC(C)(C)C)CCC32)C1O)=NC.CC.CC.CC.CF.[HH]. The number of fused-ring (bicyclic) bond motifs is 5. The molecule has 3 heteroatoms. The van der Waals surface area contributed by atoms with Gasteiger partial charge in [-0.05, 0) is 135 Å². The highest BCUT2D eigenvalue weighted by Gasteiger charge is 2.59. The van der Waals surface area contributed by atoms with Crippen LogP contribution in [0.2, 0.25) is 0 Å². The lowest BCUT2D eigenvalue weighted by Gasteiger charge is -2.59. The molecule has 43 heavy (non-hydrogen) atoms. The predicted molar refractivity (Wildman–Crippen MR) is 194 cm³/mol. The third-order valence-corrected chi connectivity index (χ3v) is 11.4. The number of halogens is 1. The van der Waals surface area contributed by atoms with Crippen LogP contribution < -0.4 is 0 Å². The van der Waals surface area contributed by atoms with Gasteiger partial charge in [-0.1, -0.05) is 94.7 Å². The Bertz CT molecular complexity index is 845. The van der Waals surface area contributed by atoms with Gasteiger partial charge in [-0.3, -0.25) is 9.38 Å². The van der Waals surface area contributed by atoms with Gasteiger partial charge in [-0.25, -0.2) is 0 Å². The van der Waals surface area contributed by atoms with Crippen molar-refractivity contribution in [1.29, 1.82) is 0 Å². The summed E-state index contributed by atoms with van der Waals surface area (Å²) in [5.41, 5.74) is 3.82. The number of aliphatic imine (C=N–C) groups is 1. The van der Waals surface area contributed by atoms with Crippen LogP contribution in [0.4, 0.5) is 4.39 Å². The lowest BCUT2D eigenvalue weighted by Crippen LogP contribution is -2.52. The third-order valence-electron chi connectivity index (χ3n) is 11.4. The monoisotopic (exact) mass is 608 g/mol. The Hall–Kier alpha value is -0.960. The maximum absolute atomic E-state index is 11.6. The lowest BCUT2D eigenvalue weighted by atomic mass is 9.46. The van der Waals surface area contributed by atoms with Gasteiger partial charge in [-0.2, -0.15) is 0 Å². The second kappa shape index (κ2) is 20.2. The molecule has 0 radical (unpaired) electrons. The maximum Gasteiger partial charge on any atom is 0.0785 e. The van der Waals surface area contributed by atoms with E-state index in [1.807, 2.05) is 48.6 Å². The van der Waals surface area contributed by atoms with Crippen LogP contribution in [0.5, 0.6) is 0 Å². The van der Waals surface area contributed by atoms with E-state index in [0.29, 0.717) is 23.9 Å². The first-order valence-electron chi connectivity index (χ1n) is 18.4. The molecule has 4 rings (SSSR count). The normalized spacial score (nSPS) is 34.7. The first kappa shape index (κ1) is 42.0. The number of alkyl halides is 1. The number of aliphatic hydroxyl groups is 1. The molecule has 3 fully saturated rings. The van der Waals surface area contributed by atoms with Crippen LogP contribution in [0.1, 0.15) is 162 Å². The zero-order chi connectivity index (χ0) is 33.4. The summed E-state index contributed by atoms with van der Waals surface area (Å²) in [5.74, 6) is 3.84. The molecule has 8 unspecified atom stereocenters. The fraction of sp³-hybridized carbons (Fsp3) is 0.875. The van der Waals surface area contributed by atoms with E-state index >= 15 is 0 Å². The van der Waals surface area contributed by atoms with E-state index in [0.717, 1.165) is 42.2 Å². The number of rotatable bonds is 7. The van der Waals surface area contributed by atoms with Crippen molar-refractivity contribution in [2.24, 2.45) is 50.8 Å². The Labute approximate surface area is 271 Å². The number of hydrogen-bond acceptors (Lipinski definition) is 2. The Morgan fingerprint density at radius 3 is 2.16 bits per heavy atom. The number of aliphatic hydroxyl groups excluding tert-OH is 1. The van der Waals surface area contributed by atoms with Gasteiger partial charge in [-0.15, -0.1) is 0 Å². The summed E-state index contributed by atoms with van der Waals surface area (Å²) in [5, 5.41) is 11.6. The van der Waals surface area contributed by atoms with Crippen molar-refractivity contribution in [3.8, 4) is 0 Å². The van der Waals surface area contributed by atoms with Gasteiger partial charge in [0, 0.05) is 14.2 Å². The van der Waals surface area contributed by atoms with Gasteiger partial charge >= 0.3 is 0 Å². The minimum absolute atomic E-state index is 0. The van der Waals surface area contributed by atoms with Crippen molar-refractivity contribution in [2.75, 3.05) is 14.2 Å². The minimum Gasteiger partial charge on any atom is -0.388 e. The van der Waals surface area contributed by atoms with E-state index in [9.17, 15) is 9.50 Å². The molecule has 4 aliphatic carbocycles. The molecule has 2 nitrogen and oxygen atoms in total. The second-order valence-corrected chi connectivity index (χ2v) is 14.5. The van der Waals surface area contributed by atoms with Crippen molar-refractivity contribution < 1.29 is 10.9 Å². The summed E-state index contributed by atoms with van der Waals surface area (Å²) in [6.45, 7) is 26.5. The van der Waals surface area contributed by atoms with Crippen molar-refractivity contribution in [3.63, 3.8) is 0 Å².